The van der Waals surface area contributed by atoms with Gasteiger partial charge in [-0.05, 0) is 45.4 Å². The van der Waals surface area contributed by atoms with Crippen LogP contribution in [0.1, 0.15) is 31.2 Å². The molecule has 3 N–H and O–H groups in total. The van der Waals surface area contributed by atoms with Crippen molar-refractivity contribution < 1.29 is 9.53 Å². The number of likely N-dealkylation sites (tertiary alicyclic amines) is 1. The number of anilines is 3. The van der Waals surface area contributed by atoms with Crippen LogP contribution in [0.25, 0.3) is 0 Å². The van der Waals surface area contributed by atoms with Crippen molar-refractivity contribution in [3.63, 3.8) is 0 Å². The number of nitrogen functional groups attached to an aromatic ring is 1. The predicted octanol–water partition coefficient (Wildman–Crippen LogP) is 2.28. The Bertz CT molecular complexity index is 780. The van der Waals surface area contributed by atoms with E-state index in [4.69, 9.17) is 10.5 Å². The van der Waals surface area contributed by atoms with Gasteiger partial charge >= 0.3 is 5.97 Å². The number of nitrogens with one attached hydrogen (secondary N) is 1. The molecule has 1 saturated heterocycles. The zero-order valence-corrected chi connectivity index (χ0v) is 15.8. The first-order valence-corrected chi connectivity index (χ1v) is 9.26. The Morgan fingerprint density at radius 3 is 2.81 bits per heavy atom. The largest absolute Gasteiger partial charge is 0.466 e. The van der Waals surface area contributed by atoms with Gasteiger partial charge in [0.1, 0.15) is 5.82 Å². The molecule has 1 aliphatic heterocycles. The van der Waals surface area contributed by atoms with Gasteiger partial charge < -0.3 is 15.8 Å². The number of carbonyl (C=O) groups excluding carboxylic acids is 1. The first-order valence-electron chi connectivity index (χ1n) is 9.26. The maximum Gasteiger partial charge on any atom is 0.310 e. The van der Waals surface area contributed by atoms with E-state index in [1.807, 2.05) is 38.1 Å². The smallest absolute Gasteiger partial charge is 0.310 e. The lowest BCUT2D eigenvalue weighted by Crippen LogP contribution is -2.39. The SMILES string of the molecule is CCOC(=O)C1CCCN(Cc2nc(N)nc(Nc3ccc(C)cc3)n2)C1. The van der Waals surface area contributed by atoms with Gasteiger partial charge in [-0.15, -0.1) is 0 Å². The molecule has 27 heavy (non-hydrogen) atoms. The second kappa shape index (κ2) is 8.77. The van der Waals surface area contributed by atoms with Crippen LogP contribution in [0.2, 0.25) is 0 Å². The van der Waals surface area contributed by atoms with Gasteiger partial charge in [0.05, 0.1) is 19.1 Å². The molecule has 1 atom stereocenters. The zero-order chi connectivity index (χ0) is 19.2. The van der Waals surface area contributed by atoms with Crippen molar-refractivity contribution in [3.8, 4) is 0 Å². The minimum absolute atomic E-state index is 0.0944. The number of carbonyl (C=O) groups is 1. The number of aromatic nitrogens is 3. The van der Waals surface area contributed by atoms with Crippen molar-refractivity contribution in [1.29, 1.82) is 0 Å². The van der Waals surface area contributed by atoms with Gasteiger partial charge in [-0.25, -0.2) is 0 Å². The first-order chi connectivity index (χ1) is 13.0. The van der Waals surface area contributed by atoms with E-state index in [0.29, 0.717) is 31.5 Å². The summed E-state index contributed by atoms with van der Waals surface area (Å²) in [5.41, 5.74) is 7.93. The Morgan fingerprint density at radius 2 is 2.07 bits per heavy atom. The van der Waals surface area contributed by atoms with Crippen LogP contribution in [0.3, 0.4) is 0 Å². The number of aryl methyl sites for hydroxylation is 1. The Hall–Kier alpha value is -2.74. The van der Waals surface area contributed by atoms with Crippen LogP contribution in [0.4, 0.5) is 17.6 Å². The molecule has 144 valence electrons. The second-order valence-corrected chi connectivity index (χ2v) is 6.75. The fraction of sp³-hybridized carbons (Fsp3) is 0.474. The lowest BCUT2D eigenvalue weighted by molar-refractivity contribution is -0.150. The van der Waals surface area contributed by atoms with E-state index in [2.05, 4.69) is 25.2 Å². The maximum absolute atomic E-state index is 12.0. The summed E-state index contributed by atoms with van der Waals surface area (Å²) in [7, 11) is 0. The number of ether oxygens (including phenoxy) is 1. The van der Waals surface area contributed by atoms with Crippen LogP contribution >= 0.6 is 0 Å². The van der Waals surface area contributed by atoms with E-state index in [0.717, 1.165) is 25.1 Å². The molecule has 0 aliphatic carbocycles. The Morgan fingerprint density at radius 1 is 1.30 bits per heavy atom. The number of piperidine rings is 1. The Balaban J connectivity index is 1.67. The summed E-state index contributed by atoms with van der Waals surface area (Å²) in [6.07, 6.45) is 1.80. The standard InChI is InChI=1S/C19H26N6O2/c1-3-27-17(26)14-5-4-10-25(11-14)12-16-22-18(20)24-19(23-16)21-15-8-6-13(2)7-9-15/h6-9,14H,3-5,10-12H2,1-2H3,(H3,20,21,22,23,24). The fourth-order valence-electron chi connectivity index (χ4n) is 3.18. The quantitative estimate of drug-likeness (QED) is 0.746. The first kappa shape index (κ1) is 19.0. The Labute approximate surface area is 159 Å². The summed E-state index contributed by atoms with van der Waals surface area (Å²) < 4.78 is 5.16. The van der Waals surface area contributed by atoms with Gasteiger partial charge in [0.25, 0.3) is 0 Å². The van der Waals surface area contributed by atoms with E-state index < -0.39 is 0 Å². The van der Waals surface area contributed by atoms with Crippen molar-refractivity contribution in [2.75, 3.05) is 30.7 Å². The second-order valence-electron chi connectivity index (χ2n) is 6.75. The van der Waals surface area contributed by atoms with Crippen molar-refractivity contribution >= 4 is 23.6 Å². The molecule has 0 bridgehead atoms. The zero-order valence-electron chi connectivity index (χ0n) is 15.8. The molecule has 1 aromatic heterocycles. The summed E-state index contributed by atoms with van der Waals surface area (Å²) >= 11 is 0. The van der Waals surface area contributed by atoms with Crippen LogP contribution in [0.15, 0.2) is 24.3 Å². The molecular weight excluding hydrogens is 344 g/mol. The minimum Gasteiger partial charge on any atom is -0.466 e. The van der Waals surface area contributed by atoms with Crippen LogP contribution < -0.4 is 11.1 Å². The normalized spacial score (nSPS) is 17.5. The number of hydrogen-bond donors (Lipinski definition) is 2. The third kappa shape index (κ3) is 5.37. The third-order valence-corrected chi connectivity index (χ3v) is 4.50. The number of nitrogens with two attached hydrogens (primary N) is 1. The molecule has 1 fully saturated rings. The summed E-state index contributed by atoms with van der Waals surface area (Å²) in [5.74, 6) is 0.956. The molecule has 1 unspecified atom stereocenters. The topological polar surface area (TPSA) is 106 Å². The van der Waals surface area contributed by atoms with Gasteiger partial charge in [-0.3, -0.25) is 9.69 Å². The highest BCUT2D eigenvalue weighted by molar-refractivity contribution is 5.72. The van der Waals surface area contributed by atoms with Crippen LogP contribution in [-0.2, 0) is 16.1 Å². The molecule has 2 aromatic rings. The van der Waals surface area contributed by atoms with Crippen molar-refractivity contribution in [3.05, 3.63) is 35.7 Å². The van der Waals surface area contributed by atoms with Crippen LogP contribution in [0, 0.1) is 12.8 Å². The third-order valence-electron chi connectivity index (χ3n) is 4.50. The van der Waals surface area contributed by atoms with E-state index in [-0.39, 0.29) is 17.8 Å². The number of nitrogens with zero attached hydrogens (tertiary/aromatic N) is 4. The fourth-order valence-corrected chi connectivity index (χ4v) is 3.18. The molecule has 0 spiro atoms. The van der Waals surface area contributed by atoms with E-state index in [9.17, 15) is 4.79 Å². The van der Waals surface area contributed by atoms with Gasteiger partial charge in [-0.1, -0.05) is 17.7 Å². The van der Waals surface area contributed by atoms with E-state index >= 15 is 0 Å². The van der Waals surface area contributed by atoms with Gasteiger partial charge in [0.15, 0.2) is 0 Å². The van der Waals surface area contributed by atoms with E-state index in [1.54, 1.807) is 0 Å². The average Bonchev–Trinajstić information content (AvgIpc) is 2.63. The highest BCUT2D eigenvalue weighted by Crippen LogP contribution is 2.20. The maximum atomic E-state index is 12.0. The summed E-state index contributed by atoms with van der Waals surface area (Å²) in [5, 5.41) is 3.16. The molecule has 1 aromatic carbocycles. The van der Waals surface area contributed by atoms with Gasteiger partial charge in [0.2, 0.25) is 11.9 Å². The van der Waals surface area contributed by atoms with Crippen molar-refractivity contribution in [1.82, 2.24) is 19.9 Å². The van der Waals surface area contributed by atoms with Crippen molar-refractivity contribution in [2.24, 2.45) is 5.92 Å². The summed E-state index contributed by atoms with van der Waals surface area (Å²) in [4.78, 5) is 27.1. The molecule has 0 radical (unpaired) electrons. The van der Waals surface area contributed by atoms with E-state index in [1.165, 1.54) is 5.56 Å². The molecular formula is C19H26N6O2. The molecule has 0 amide bonds. The number of hydrogen-bond acceptors (Lipinski definition) is 8. The predicted molar refractivity (Wildman–Crippen MR) is 103 cm³/mol. The molecule has 8 heteroatoms. The molecule has 8 nitrogen and oxygen atoms in total. The molecule has 1 aliphatic rings. The number of rotatable bonds is 6. The van der Waals surface area contributed by atoms with Crippen LogP contribution in [0.5, 0.6) is 0 Å². The molecule has 2 heterocycles. The lowest BCUT2D eigenvalue weighted by atomic mass is 9.98. The number of benzene rings is 1. The molecule has 3 rings (SSSR count). The lowest BCUT2D eigenvalue weighted by Gasteiger charge is -2.30. The average molecular weight is 370 g/mol. The highest BCUT2D eigenvalue weighted by atomic mass is 16.5. The van der Waals surface area contributed by atoms with Crippen LogP contribution in [-0.4, -0.2) is 45.5 Å². The summed E-state index contributed by atoms with van der Waals surface area (Å²) in [6.45, 7) is 6.32. The minimum atomic E-state index is -0.126. The highest BCUT2D eigenvalue weighted by Gasteiger charge is 2.27. The van der Waals surface area contributed by atoms with Gasteiger partial charge in [0, 0.05) is 12.2 Å². The molecule has 0 saturated carbocycles. The number of esters is 1. The Kier molecular flexibility index (Phi) is 6.18. The monoisotopic (exact) mass is 370 g/mol. The van der Waals surface area contributed by atoms with Crippen molar-refractivity contribution in [2.45, 2.75) is 33.2 Å². The summed E-state index contributed by atoms with van der Waals surface area (Å²) in [6, 6.07) is 7.95. The van der Waals surface area contributed by atoms with Gasteiger partial charge in [-0.2, -0.15) is 15.0 Å².